The fraction of sp³-hybridized carbons (Fsp3) is 0.158. The summed E-state index contributed by atoms with van der Waals surface area (Å²) in [5.41, 5.74) is 3.28. The van der Waals surface area contributed by atoms with Crippen molar-refractivity contribution in [3.63, 3.8) is 0 Å². The molecule has 0 saturated carbocycles. The van der Waals surface area contributed by atoms with Crippen LogP contribution in [0.1, 0.15) is 12.5 Å². The second-order valence-electron chi connectivity index (χ2n) is 6.22. The average molecular weight is 433 g/mol. The number of nitrogens with two attached hydrogens (primary N) is 1. The SMILES string of the molecule is CCn1c(SCc2c(Cl)ccc3cccnc23)nc2cc(S(N)(=O)=O)ccc21. The molecule has 0 saturated heterocycles. The molecule has 0 radical (unpaired) electrons. The minimum Gasteiger partial charge on any atom is -0.319 e. The van der Waals surface area contributed by atoms with E-state index in [0.29, 0.717) is 22.8 Å². The number of rotatable bonds is 5. The van der Waals surface area contributed by atoms with Crippen molar-refractivity contribution in [1.82, 2.24) is 14.5 Å². The van der Waals surface area contributed by atoms with Crippen molar-refractivity contribution >= 4 is 55.3 Å². The van der Waals surface area contributed by atoms with Crippen LogP contribution < -0.4 is 5.14 Å². The second kappa shape index (κ2) is 7.36. The van der Waals surface area contributed by atoms with E-state index >= 15 is 0 Å². The molecule has 0 bridgehead atoms. The zero-order valence-electron chi connectivity index (χ0n) is 15.0. The van der Waals surface area contributed by atoms with E-state index in [4.69, 9.17) is 16.7 Å². The summed E-state index contributed by atoms with van der Waals surface area (Å²) in [4.78, 5) is 9.15. The van der Waals surface area contributed by atoms with Gasteiger partial charge in [0.2, 0.25) is 10.0 Å². The van der Waals surface area contributed by atoms with E-state index in [1.807, 2.05) is 35.8 Å². The zero-order chi connectivity index (χ0) is 19.9. The Bertz CT molecular complexity index is 1300. The molecule has 0 atom stereocenters. The Balaban J connectivity index is 1.73. The predicted molar refractivity (Wildman–Crippen MR) is 113 cm³/mol. The van der Waals surface area contributed by atoms with Crippen LogP contribution in [-0.2, 0) is 22.3 Å². The van der Waals surface area contributed by atoms with Gasteiger partial charge in [0.25, 0.3) is 0 Å². The first-order valence-corrected chi connectivity index (χ1v) is 11.5. The highest BCUT2D eigenvalue weighted by atomic mass is 35.5. The van der Waals surface area contributed by atoms with E-state index < -0.39 is 10.0 Å². The Morgan fingerprint density at radius 3 is 2.79 bits per heavy atom. The Morgan fingerprint density at radius 2 is 2.04 bits per heavy atom. The lowest BCUT2D eigenvalue weighted by Crippen LogP contribution is -2.11. The minimum atomic E-state index is -3.77. The van der Waals surface area contributed by atoms with Crippen molar-refractivity contribution in [2.75, 3.05) is 0 Å². The van der Waals surface area contributed by atoms with Crippen LogP contribution in [0.4, 0.5) is 0 Å². The molecule has 0 fully saturated rings. The smallest absolute Gasteiger partial charge is 0.238 e. The molecular formula is C19H17ClN4O2S2. The number of imidazole rings is 1. The number of fused-ring (bicyclic) bond motifs is 2. The molecule has 2 N–H and O–H groups in total. The van der Waals surface area contributed by atoms with Crippen LogP contribution in [-0.4, -0.2) is 23.0 Å². The van der Waals surface area contributed by atoms with Gasteiger partial charge in [0.05, 0.1) is 21.4 Å². The molecule has 2 aromatic carbocycles. The number of pyridine rings is 1. The molecule has 2 aromatic heterocycles. The van der Waals surface area contributed by atoms with Crippen LogP contribution in [0.5, 0.6) is 0 Å². The van der Waals surface area contributed by atoms with Gasteiger partial charge in [-0.2, -0.15) is 0 Å². The predicted octanol–water partition coefficient (Wildman–Crippen LogP) is 4.20. The summed E-state index contributed by atoms with van der Waals surface area (Å²) in [5, 5.41) is 7.72. The summed E-state index contributed by atoms with van der Waals surface area (Å²) in [7, 11) is -3.77. The Hall–Kier alpha value is -2.13. The number of benzene rings is 2. The zero-order valence-corrected chi connectivity index (χ0v) is 17.4. The topological polar surface area (TPSA) is 90.9 Å². The fourth-order valence-electron chi connectivity index (χ4n) is 3.14. The summed E-state index contributed by atoms with van der Waals surface area (Å²) in [6.07, 6.45) is 1.75. The van der Waals surface area contributed by atoms with Gasteiger partial charge >= 0.3 is 0 Å². The molecule has 144 valence electrons. The lowest BCUT2D eigenvalue weighted by atomic mass is 10.1. The van der Waals surface area contributed by atoms with Gasteiger partial charge in [-0.15, -0.1) is 0 Å². The molecule has 4 aromatic rings. The Morgan fingerprint density at radius 1 is 1.21 bits per heavy atom. The van der Waals surface area contributed by atoms with Crippen LogP contribution >= 0.6 is 23.4 Å². The van der Waals surface area contributed by atoms with Crippen LogP contribution in [0.15, 0.2) is 58.7 Å². The number of primary sulfonamides is 1. The largest absolute Gasteiger partial charge is 0.319 e. The maximum atomic E-state index is 11.6. The van der Waals surface area contributed by atoms with Gasteiger partial charge in [-0.3, -0.25) is 4.98 Å². The average Bonchev–Trinajstić information content (AvgIpc) is 3.03. The molecular weight excluding hydrogens is 416 g/mol. The molecule has 0 spiro atoms. The van der Waals surface area contributed by atoms with E-state index in [1.54, 1.807) is 12.3 Å². The van der Waals surface area contributed by atoms with Crippen molar-refractivity contribution in [3.05, 3.63) is 59.2 Å². The van der Waals surface area contributed by atoms with Gasteiger partial charge < -0.3 is 4.57 Å². The summed E-state index contributed by atoms with van der Waals surface area (Å²) in [6, 6.07) is 12.5. The van der Waals surface area contributed by atoms with E-state index in [1.165, 1.54) is 23.9 Å². The molecule has 6 nitrogen and oxygen atoms in total. The van der Waals surface area contributed by atoms with Crippen molar-refractivity contribution in [1.29, 1.82) is 0 Å². The summed E-state index contributed by atoms with van der Waals surface area (Å²) in [5.74, 6) is 0.596. The molecule has 0 aliphatic carbocycles. The molecule has 4 rings (SSSR count). The molecule has 2 heterocycles. The molecule has 0 aliphatic heterocycles. The minimum absolute atomic E-state index is 0.0543. The first kappa shape index (κ1) is 19.2. The molecule has 28 heavy (non-hydrogen) atoms. The summed E-state index contributed by atoms with van der Waals surface area (Å²) in [6.45, 7) is 2.72. The highest BCUT2D eigenvalue weighted by molar-refractivity contribution is 7.98. The van der Waals surface area contributed by atoms with Crippen molar-refractivity contribution in [2.24, 2.45) is 5.14 Å². The van der Waals surface area contributed by atoms with E-state index in [0.717, 1.165) is 27.1 Å². The normalized spacial score (nSPS) is 12.1. The number of thioether (sulfide) groups is 1. The molecule has 9 heteroatoms. The number of sulfonamides is 1. The maximum absolute atomic E-state index is 11.6. The number of aryl methyl sites for hydroxylation is 1. The monoisotopic (exact) mass is 432 g/mol. The lowest BCUT2D eigenvalue weighted by molar-refractivity contribution is 0.598. The molecule has 0 aliphatic rings. The third-order valence-electron chi connectivity index (χ3n) is 4.50. The number of aromatic nitrogens is 3. The highest BCUT2D eigenvalue weighted by Gasteiger charge is 2.16. The Labute approximate surface area is 171 Å². The summed E-state index contributed by atoms with van der Waals surface area (Å²) < 4.78 is 25.3. The standard InChI is InChI=1S/C19H17ClN4O2S2/c1-2-24-17-8-6-13(28(21,25)26)10-16(17)23-19(24)27-11-14-15(20)7-5-12-4-3-9-22-18(12)14/h3-10H,2,11H2,1H3,(H2,21,25,26). The van der Waals surface area contributed by atoms with E-state index in [-0.39, 0.29) is 4.90 Å². The van der Waals surface area contributed by atoms with Gasteiger partial charge in [0.1, 0.15) is 0 Å². The van der Waals surface area contributed by atoms with E-state index in [9.17, 15) is 8.42 Å². The maximum Gasteiger partial charge on any atom is 0.238 e. The van der Waals surface area contributed by atoms with Gasteiger partial charge in [0, 0.05) is 34.5 Å². The first-order valence-electron chi connectivity index (χ1n) is 8.56. The number of nitrogens with zero attached hydrogens (tertiary/aromatic N) is 3. The fourth-order valence-corrected chi connectivity index (χ4v) is 5.08. The van der Waals surface area contributed by atoms with Crippen molar-refractivity contribution in [3.8, 4) is 0 Å². The number of halogens is 1. The van der Waals surface area contributed by atoms with Crippen LogP contribution in [0.25, 0.3) is 21.9 Å². The lowest BCUT2D eigenvalue weighted by Gasteiger charge is -2.09. The van der Waals surface area contributed by atoms with Gasteiger partial charge in [0.15, 0.2) is 5.16 Å². The first-order chi connectivity index (χ1) is 13.4. The molecule has 0 amide bonds. The Kier molecular flexibility index (Phi) is 5.05. The third-order valence-corrected chi connectivity index (χ3v) is 6.77. The van der Waals surface area contributed by atoms with Crippen LogP contribution in [0.2, 0.25) is 5.02 Å². The van der Waals surface area contributed by atoms with Gasteiger partial charge in [-0.1, -0.05) is 35.5 Å². The van der Waals surface area contributed by atoms with Crippen molar-refractivity contribution < 1.29 is 8.42 Å². The number of hydrogen-bond acceptors (Lipinski definition) is 5. The highest BCUT2D eigenvalue weighted by Crippen LogP contribution is 2.33. The quantitative estimate of drug-likeness (QED) is 0.477. The van der Waals surface area contributed by atoms with Gasteiger partial charge in [-0.05, 0) is 37.3 Å². The summed E-state index contributed by atoms with van der Waals surface area (Å²) >= 11 is 7.97. The van der Waals surface area contributed by atoms with Crippen LogP contribution in [0.3, 0.4) is 0 Å². The van der Waals surface area contributed by atoms with E-state index in [2.05, 4.69) is 9.97 Å². The number of hydrogen-bond donors (Lipinski definition) is 1. The van der Waals surface area contributed by atoms with Crippen LogP contribution in [0, 0.1) is 0 Å². The third kappa shape index (κ3) is 3.48. The van der Waals surface area contributed by atoms with Crippen molar-refractivity contribution in [2.45, 2.75) is 29.3 Å². The molecule has 0 unspecified atom stereocenters. The second-order valence-corrected chi connectivity index (χ2v) is 9.14. The van der Waals surface area contributed by atoms with Gasteiger partial charge in [-0.25, -0.2) is 18.5 Å².